The molecule has 1 heterocycles. The van der Waals surface area contributed by atoms with Gasteiger partial charge in [-0.1, -0.05) is 109 Å². The summed E-state index contributed by atoms with van der Waals surface area (Å²) in [5.74, 6) is 0. The van der Waals surface area contributed by atoms with Crippen LogP contribution in [0.2, 0.25) is 0 Å². The quantitative estimate of drug-likeness (QED) is 0.199. The number of hydrogen-bond acceptors (Lipinski definition) is 2. The van der Waals surface area contributed by atoms with Crippen LogP contribution >= 0.6 is 0 Å². The molecule has 10 rings (SSSR count). The van der Waals surface area contributed by atoms with Crippen molar-refractivity contribution in [3.05, 3.63) is 152 Å². The standard InChI is InChI=1S/C42H25NO/c1-3-8-26(9-4-1)27-18-21-32(22-19-27)43(31-11-5-2-6-12-31)33-24-35-34-13-7-10-28-14-15-29-16-17-30-20-23-36-42(40(30)39(29)38(28)34)41(35)37(25-33)44-36/h1-25H. The Hall–Kier alpha value is -5.86. The van der Waals surface area contributed by atoms with Crippen molar-refractivity contribution < 1.29 is 4.42 Å². The summed E-state index contributed by atoms with van der Waals surface area (Å²) in [4.78, 5) is 2.34. The van der Waals surface area contributed by atoms with Gasteiger partial charge in [-0.25, -0.2) is 0 Å². The van der Waals surface area contributed by atoms with Crippen LogP contribution in [0.15, 0.2) is 156 Å². The van der Waals surface area contributed by atoms with Gasteiger partial charge in [0, 0.05) is 33.6 Å². The summed E-state index contributed by atoms with van der Waals surface area (Å²) in [5.41, 5.74) is 9.96. The molecule has 0 bridgehead atoms. The number of fused-ring (bicyclic) bond motifs is 1. The lowest BCUT2D eigenvalue weighted by Crippen LogP contribution is -2.10. The van der Waals surface area contributed by atoms with Crippen molar-refractivity contribution in [2.24, 2.45) is 0 Å². The van der Waals surface area contributed by atoms with Gasteiger partial charge in [-0.2, -0.15) is 0 Å². The van der Waals surface area contributed by atoms with Crippen molar-refractivity contribution in [1.82, 2.24) is 0 Å². The zero-order valence-electron chi connectivity index (χ0n) is 23.8. The molecule has 0 fully saturated rings. The maximum atomic E-state index is 6.73. The van der Waals surface area contributed by atoms with E-state index in [1.54, 1.807) is 0 Å². The summed E-state index contributed by atoms with van der Waals surface area (Å²) in [5, 5.41) is 10.1. The SMILES string of the molecule is c1ccc(-c2ccc(N(c3ccccc3)c3cc4c5c(c3)oc3ccc6ccc7ccc8cccc-4c8c7c6c35)cc2)cc1. The number of furan rings is 1. The highest BCUT2D eigenvalue weighted by molar-refractivity contribution is 6.37. The Balaban J connectivity index is 1.29. The Kier molecular flexibility index (Phi) is 4.75. The van der Waals surface area contributed by atoms with Gasteiger partial charge in [0.2, 0.25) is 0 Å². The van der Waals surface area contributed by atoms with Crippen LogP contribution in [0.5, 0.6) is 0 Å². The van der Waals surface area contributed by atoms with E-state index in [4.69, 9.17) is 4.42 Å². The van der Waals surface area contributed by atoms with Crippen LogP contribution in [0.25, 0.3) is 76.5 Å². The van der Waals surface area contributed by atoms with Gasteiger partial charge in [0.1, 0.15) is 11.2 Å². The second-order valence-corrected chi connectivity index (χ2v) is 11.7. The third-order valence-corrected chi connectivity index (χ3v) is 9.32. The van der Waals surface area contributed by atoms with Crippen molar-refractivity contribution in [2.45, 2.75) is 0 Å². The van der Waals surface area contributed by atoms with Crippen LogP contribution in [-0.2, 0) is 0 Å². The van der Waals surface area contributed by atoms with E-state index in [1.165, 1.54) is 65.3 Å². The van der Waals surface area contributed by atoms with Crippen LogP contribution in [0, 0.1) is 0 Å². The minimum atomic E-state index is 0.906. The summed E-state index contributed by atoms with van der Waals surface area (Å²) in [7, 11) is 0. The van der Waals surface area contributed by atoms with Crippen LogP contribution in [0.3, 0.4) is 0 Å². The third kappa shape index (κ3) is 3.25. The van der Waals surface area contributed by atoms with Gasteiger partial charge in [0.25, 0.3) is 0 Å². The Morgan fingerprint density at radius 2 is 0.955 bits per heavy atom. The highest BCUT2D eigenvalue weighted by Gasteiger charge is 2.25. The molecule has 0 unspecified atom stereocenters. The molecule has 0 saturated carbocycles. The first-order chi connectivity index (χ1) is 21.8. The molecule has 0 spiro atoms. The fraction of sp³-hybridized carbons (Fsp3) is 0. The van der Waals surface area contributed by atoms with Gasteiger partial charge in [-0.3, -0.25) is 0 Å². The summed E-state index contributed by atoms with van der Waals surface area (Å²) in [6.07, 6.45) is 0. The summed E-state index contributed by atoms with van der Waals surface area (Å²) in [6.45, 7) is 0. The number of benzene rings is 8. The van der Waals surface area contributed by atoms with E-state index in [1.807, 2.05) is 0 Å². The Labute approximate surface area is 254 Å². The van der Waals surface area contributed by atoms with Crippen LogP contribution in [-0.4, -0.2) is 0 Å². The number of nitrogens with zero attached hydrogens (tertiary/aromatic N) is 1. The molecule has 0 N–H and O–H groups in total. The molecular formula is C42H25NO. The second-order valence-electron chi connectivity index (χ2n) is 11.7. The Bertz CT molecular complexity index is 2570. The highest BCUT2D eigenvalue weighted by Crippen LogP contribution is 2.51. The van der Waals surface area contributed by atoms with E-state index in [2.05, 4.69) is 157 Å². The van der Waals surface area contributed by atoms with Gasteiger partial charge >= 0.3 is 0 Å². The molecule has 0 radical (unpaired) electrons. The van der Waals surface area contributed by atoms with E-state index in [0.29, 0.717) is 0 Å². The Morgan fingerprint density at radius 1 is 0.341 bits per heavy atom. The molecule has 0 amide bonds. The normalized spacial score (nSPS) is 12.1. The molecule has 1 aliphatic carbocycles. The van der Waals surface area contributed by atoms with E-state index in [-0.39, 0.29) is 0 Å². The van der Waals surface area contributed by atoms with Gasteiger partial charge in [0.05, 0.1) is 5.69 Å². The number of anilines is 3. The predicted octanol–water partition coefficient (Wildman–Crippen LogP) is 12.2. The molecule has 1 aromatic heterocycles. The predicted molar refractivity (Wildman–Crippen MR) is 185 cm³/mol. The van der Waals surface area contributed by atoms with Crippen LogP contribution in [0.4, 0.5) is 17.1 Å². The van der Waals surface area contributed by atoms with Crippen molar-refractivity contribution in [3.63, 3.8) is 0 Å². The maximum absolute atomic E-state index is 6.73. The molecule has 204 valence electrons. The minimum Gasteiger partial charge on any atom is -0.456 e. The fourth-order valence-electron chi connectivity index (χ4n) is 7.41. The van der Waals surface area contributed by atoms with E-state index in [0.717, 1.165) is 28.2 Å². The molecule has 2 nitrogen and oxygen atoms in total. The van der Waals surface area contributed by atoms with Crippen LogP contribution in [0.1, 0.15) is 0 Å². The Morgan fingerprint density at radius 3 is 1.70 bits per heavy atom. The smallest absolute Gasteiger partial charge is 0.138 e. The highest BCUT2D eigenvalue weighted by atomic mass is 16.3. The van der Waals surface area contributed by atoms with Crippen LogP contribution < -0.4 is 4.90 Å². The van der Waals surface area contributed by atoms with Gasteiger partial charge in [-0.15, -0.1) is 0 Å². The first kappa shape index (κ1) is 23.7. The fourth-order valence-corrected chi connectivity index (χ4v) is 7.41. The molecule has 1 aliphatic rings. The summed E-state index contributed by atoms with van der Waals surface area (Å²) < 4.78 is 6.73. The average Bonchev–Trinajstić information content (AvgIpc) is 3.41. The molecule has 44 heavy (non-hydrogen) atoms. The monoisotopic (exact) mass is 559 g/mol. The van der Waals surface area contributed by atoms with E-state index < -0.39 is 0 Å². The van der Waals surface area contributed by atoms with Gasteiger partial charge in [0.15, 0.2) is 0 Å². The van der Waals surface area contributed by atoms with Crippen molar-refractivity contribution in [2.75, 3.05) is 4.90 Å². The van der Waals surface area contributed by atoms with Crippen molar-refractivity contribution in [3.8, 4) is 22.3 Å². The first-order valence-electron chi connectivity index (χ1n) is 15.1. The number of para-hydroxylation sites is 1. The van der Waals surface area contributed by atoms with E-state index in [9.17, 15) is 0 Å². The zero-order valence-corrected chi connectivity index (χ0v) is 23.8. The molecule has 0 atom stereocenters. The molecule has 2 heteroatoms. The van der Waals surface area contributed by atoms with Gasteiger partial charge in [-0.05, 0) is 85.6 Å². The number of rotatable bonds is 4. The molecule has 9 aromatic rings. The van der Waals surface area contributed by atoms with Crippen molar-refractivity contribution in [1.29, 1.82) is 0 Å². The van der Waals surface area contributed by atoms with E-state index >= 15 is 0 Å². The zero-order chi connectivity index (χ0) is 28.8. The number of hydrogen-bond donors (Lipinski definition) is 0. The largest absolute Gasteiger partial charge is 0.456 e. The minimum absolute atomic E-state index is 0.906. The molecular weight excluding hydrogens is 534 g/mol. The summed E-state index contributed by atoms with van der Waals surface area (Å²) >= 11 is 0. The van der Waals surface area contributed by atoms with Gasteiger partial charge < -0.3 is 9.32 Å². The lowest BCUT2D eigenvalue weighted by atomic mass is 9.92. The first-order valence-corrected chi connectivity index (χ1v) is 15.1. The molecule has 0 aliphatic heterocycles. The topological polar surface area (TPSA) is 16.4 Å². The maximum Gasteiger partial charge on any atom is 0.138 e. The lowest BCUT2D eigenvalue weighted by Gasteiger charge is -2.26. The second kappa shape index (κ2) is 8.82. The summed E-state index contributed by atoms with van der Waals surface area (Å²) in [6, 6.07) is 54.7. The average molecular weight is 560 g/mol. The lowest BCUT2D eigenvalue weighted by molar-refractivity contribution is 0.669. The third-order valence-electron chi connectivity index (χ3n) is 9.32. The van der Waals surface area contributed by atoms with Crippen molar-refractivity contribution >= 4 is 71.3 Å². The molecule has 0 saturated heterocycles. The molecule has 8 aromatic carbocycles.